The first-order chi connectivity index (χ1) is 10.3. The van der Waals surface area contributed by atoms with Crippen molar-refractivity contribution < 1.29 is 5.11 Å². The van der Waals surface area contributed by atoms with E-state index in [1.165, 1.54) is 0 Å². The monoisotopic (exact) mass is 283 g/mol. The lowest BCUT2D eigenvalue weighted by Gasteiger charge is -1.99. The quantitative estimate of drug-likeness (QED) is 0.743. The van der Waals surface area contributed by atoms with Crippen molar-refractivity contribution in [3.05, 3.63) is 60.2 Å². The number of aliphatic hydroxyl groups is 1. The summed E-state index contributed by atoms with van der Waals surface area (Å²) in [6, 6.07) is 9.98. The van der Waals surface area contributed by atoms with E-state index in [0.717, 1.165) is 23.4 Å². The standard InChI is InChI=1S/C15H17N5O/c21-8-4-5-14-12-19(18-17-14)10-13-9-16-20(11-13)15-6-2-1-3-7-15/h1-3,6-7,9,11-12,21H,4-5,8,10H2. The highest BCUT2D eigenvalue weighted by molar-refractivity contribution is 5.30. The molecular weight excluding hydrogens is 266 g/mol. The van der Waals surface area contributed by atoms with Crippen molar-refractivity contribution in [3.63, 3.8) is 0 Å². The average Bonchev–Trinajstić information content (AvgIpc) is 3.16. The number of benzene rings is 1. The van der Waals surface area contributed by atoms with Gasteiger partial charge in [-0.2, -0.15) is 5.10 Å². The van der Waals surface area contributed by atoms with Crippen LogP contribution in [-0.2, 0) is 13.0 Å². The Hall–Kier alpha value is -2.47. The minimum absolute atomic E-state index is 0.177. The predicted molar refractivity (Wildman–Crippen MR) is 78.1 cm³/mol. The number of hydrogen-bond donors (Lipinski definition) is 1. The number of para-hydroxylation sites is 1. The van der Waals surface area contributed by atoms with Gasteiger partial charge in [-0.3, -0.25) is 0 Å². The summed E-state index contributed by atoms with van der Waals surface area (Å²) in [5.41, 5.74) is 3.00. The summed E-state index contributed by atoms with van der Waals surface area (Å²) in [5.74, 6) is 0. The summed E-state index contributed by atoms with van der Waals surface area (Å²) in [6.07, 6.45) is 7.20. The molecule has 1 aromatic carbocycles. The van der Waals surface area contributed by atoms with E-state index in [9.17, 15) is 0 Å². The molecule has 0 spiro atoms. The Morgan fingerprint density at radius 2 is 1.95 bits per heavy atom. The third kappa shape index (κ3) is 3.35. The summed E-state index contributed by atoms with van der Waals surface area (Å²) < 4.78 is 3.64. The lowest BCUT2D eigenvalue weighted by Crippen LogP contribution is -1.99. The van der Waals surface area contributed by atoms with Gasteiger partial charge >= 0.3 is 0 Å². The molecule has 0 radical (unpaired) electrons. The van der Waals surface area contributed by atoms with E-state index in [4.69, 9.17) is 5.11 Å². The number of aryl methyl sites for hydroxylation is 1. The maximum Gasteiger partial charge on any atom is 0.0828 e. The van der Waals surface area contributed by atoms with Crippen LogP contribution in [0.3, 0.4) is 0 Å². The zero-order chi connectivity index (χ0) is 14.5. The van der Waals surface area contributed by atoms with Crippen molar-refractivity contribution in [3.8, 4) is 5.69 Å². The third-order valence-electron chi connectivity index (χ3n) is 3.18. The molecule has 0 aliphatic heterocycles. The first-order valence-electron chi connectivity index (χ1n) is 6.94. The van der Waals surface area contributed by atoms with Crippen LogP contribution in [0.5, 0.6) is 0 Å². The van der Waals surface area contributed by atoms with Gasteiger partial charge in [-0.15, -0.1) is 5.10 Å². The van der Waals surface area contributed by atoms with Gasteiger partial charge in [0.25, 0.3) is 0 Å². The Balaban J connectivity index is 1.68. The van der Waals surface area contributed by atoms with E-state index < -0.39 is 0 Å². The normalized spacial score (nSPS) is 10.9. The second-order valence-corrected chi connectivity index (χ2v) is 4.86. The first-order valence-corrected chi connectivity index (χ1v) is 6.94. The van der Waals surface area contributed by atoms with E-state index in [-0.39, 0.29) is 6.61 Å². The Bertz CT molecular complexity index is 689. The average molecular weight is 283 g/mol. The smallest absolute Gasteiger partial charge is 0.0828 e. The van der Waals surface area contributed by atoms with Crippen molar-refractivity contribution in [1.82, 2.24) is 24.8 Å². The van der Waals surface area contributed by atoms with E-state index in [1.54, 1.807) is 4.68 Å². The maximum absolute atomic E-state index is 8.81. The summed E-state index contributed by atoms with van der Waals surface area (Å²) >= 11 is 0. The molecule has 0 saturated heterocycles. The van der Waals surface area contributed by atoms with Gasteiger partial charge in [-0.25, -0.2) is 9.36 Å². The summed E-state index contributed by atoms with van der Waals surface area (Å²) in [4.78, 5) is 0. The Labute approximate surface area is 122 Å². The molecule has 2 heterocycles. The van der Waals surface area contributed by atoms with E-state index >= 15 is 0 Å². The lowest BCUT2D eigenvalue weighted by atomic mass is 10.2. The highest BCUT2D eigenvalue weighted by atomic mass is 16.2. The molecule has 0 atom stereocenters. The number of hydrogen-bond acceptors (Lipinski definition) is 4. The van der Waals surface area contributed by atoms with Gasteiger partial charge in [-0.05, 0) is 25.0 Å². The number of rotatable bonds is 6. The number of aliphatic hydroxyl groups excluding tert-OH is 1. The van der Waals surface area contributed by atoms with Gasteiger partial charge in [-0.1, -0.05) is 23.4 Å². The highest BCUT2D eigenvalue weighted by Gasteiger charge is 2.04. The summed E-state index contributed by atoms with van der Waals surface area (Å²) in [5, 5.41) is 21.4. The maximum atomic E-state index is 8.81. The molecule has 21 heavy (non-hydrogen) atoms. The van der Waals surface area contributed by atoms with Crippen molar-refractivity contribution in [1.29, 1.82) is 0 Å². The molecule has 3 rings (SSSR count). The lowest BCUT2D eigenvalue weighted by molar-refractivity contribution is 0.288. The molecule has 3 aromatic rings. The zero-order valence-electron chi connectivity index (χ0n) is 11.6. The van der Waals surface area contributed by atoms with E-state index in [2.05, 4.69) is 15.4 Å². The van der Waals surface area contributed by atoms with Crippen molar-refractivity contribution >= 4 is 0 Å². The van der Waals surface area contributed by atoms with Crippen LogP contribution in [0.25, 0.3) is 5.69 Å². The zero-order valence-corrected chi connectivity index (χ0v) is 11.6. The predicted octanol–water partition coefficient (Wildman–Crippen LogP) is 1.44. The van der Waals surface area contributed by atoms with Gasteiger partial charge in [0.2, 0.25) is 0 Å². The Morgan fingerprint density at radius 1 is 1.10 bits per heavy atom. The van der Waals surface area contributed by atoms with E-state index in [1.807, 2.05) is 53.6 Å². The van der Waals surface area contributed by atoms with Crippen LogP contribution in [0, 0.1) is 0 Å². The fourth-order valence-electron chi connectivity index (χ4n) is 2.14. The van der Waals surface area contributed by atoms with Crippen LogP contribution >= 0.6 is 0 Å². The summed E-state index contributed by atoms with van der Waals surface area (Å²) in [6.45, 7) is 0.815. The van der Waals surface area contributed by atoms with Crippen LogP contribution in [0.1, 0.15) is 17.7 Å². The van der Waals surface area contributed by atoms with Crippen molar-refractivity contribution in [2.24, 2.45) is 0 Å². The Morgan fingerprint density at radius 3 is 2.76 bits per heavy atom. The van der Waals surface area contributed by atoms with Gasteiger partial charge in [0.1, 0.15) is 0 Å². The van der Waals surface area contributed by atoms with Gasteiger partial charge < -0.3 is 5.11 Å². The molecular formula is C15H17N5O. The minimum atomic E-state index is 0.177. The van der Waals surface area contributed by atoms with Crippen molar-refractivity contribution in [2.45, 2.75) is 19.4 Å². The SMILES string of the molecule is OCCCc1cn(Cc2cnn(-c3ccccc3)c2)nn1. The molecule has 0 aliphatic rings. The second-order valence-electron chi connectivity index (χ2n) is 4.86. The van der Waals surface area contributed by atoms with Crippen LogP contribution in [0.15, 0.2) is 48.9 Å². The molecule has 108 valence electrons. The molecule has 6 heteroatoms. The van der Waals surface area contributed by atoms with Gasteiger partial charge in [0, 0.05) is 24.6 Å². The Kier molecular flexibility index (Phi) is 4.07. The van der Waals surface area contributed by atoms with Crippen LogP contribution in [0.2, 0.25) is 0 Å². The molecule has 0 amide bonds. The molecule has 0 unspecified atom stereocenters. The van der Waals surface area contributed by atoms with Gasteiger partial charge in [0.05, 0.1) is 24.1 Å². The molecule has 0 aliphatic carbocycles. The van der Waals surface area contributed by atoms with Gasteiger partial charge in [0.15, 0.2) is 0 Å². The molecule has 1 N–H and O–H groups in total. The molecule has 0 saturated carbocycles. The molecule has 2 aromatic heterocycles. The van der Waals surface area contributed by atoms with Crippen LogP contribution < -0.4 is 0 Å². The highest BCUT2D eigenvalue weighted by Crippen LogP contribution is 2.09. The first kappa shape index (κ1) is 13.5. The number of aromatic nitrogens is 5. The molecule has 0 fully saturated rings. The van der Waals surface area contributed by atoms with Crippen molar-refractivity contribution in [2.75, 3.05) is 6.61 Å². The largest absolute Gasteiger partial charge is 0.396 e. The molecule has 6 nitrogen and oxygen atoms in total. The van der Waals surface area contributed by atoms with Crippen LogP contribution in [0.4, 0.5) is 0 Å². The summed E-state index contributed by atoms with van der Waals surface area (Å²) in [7, 11) is 0. The fraction of sp³-hybridized carbons (Fsp3) is 0.267. The number of nitrogens with zero attached hydrogens (tertiary/aromatic N) is 5. The van der Waals surface area contributed by atoms with Crippen LogP contribution in [-0.4, -0.2) is 36.5 Å². The topological polar surface area (TPSA) is 68.8 Å². The fourth-order valence-corrected chi connectivity index (χ4v) is 2.14. The molecule has 0 bridgehead atoms. The van der Waals surface area contributed by atoms with E-state index in [0.29, 0.717) is 13.0 Å². The second kappa shape index (κ2) is 6.32. The minimum Gasteiger partial charge on any atom is -0.396 e. The third-order valence-corrected chi connectivity index (χ3v) is 3.18.